The van der Waals surface area contributed by atoms with Crippen LogP contribution >= 0.6 is 0 Å². The van der Waals surface area contributed by atoms with Crippen LogP contribution < -0.4 is 5.32 Å². The third-order valence-electron chi connectivity index (χ3n) is 3.46. The van der Waals surface area contributed by atoms with E-state index >= 15 is 0 Å². The van der Waals surface area contributed by atoms with E-state index in [1.807, 2.05) is 11.9 Å². The molecule has 3 nitrogen and oxygen atoms in total. The van der Waals surface area contributed by atoms with Crippen molar-refractivity contribution in [3.8, 4) is 0 Å². The highest BCUT2D eigenvalue weighted by Gasteiger charge is 2.24. The maximum Gasteiger partial charge on any atom is 0.239 e. The summed E-state index contributed by atoms with van der Waals surface area (Å²) in [6.45, 7) is 5.22. The van der Waals surface area contributed by atoms with Gasteiger partial charge in [-0.05, 0) is 32.7 Å². The van der Waals surface area contributed by atoms with E-state index in [4.69, 9.17) is 0 Å². The van der Waals surface area contributed by atoms with Crippen LogP contribution in [0.15, 0.2) is 0 Å². The lowest BCUT2D eigenvalue weighted by molar-refractivity contribution is -0.134. The molecule has 0 spiro atoms. The summed E-state index contributed by atoms with van der Waals surface area (Å²) in [5.41, 5.74) is 0. The van der Waals surface area contributed by atoms with Gasteiger partial charge in [-0.3, -0.25) is 4.79 Å². The molecule has 0 radical (unpaired) electrons. The van der Waals surface area contributed by atoms with Crippen LogP contribution in [0.3, 0.4) is 0 Å². The van der Waals surface area contributed by atoms with E-state index in [9.17, 15) is 4.79 Å². The normalized spacial score (nSPS) is 24.3. The fourth-order valence-electron chi connectivity index (χ4n) is 1.98. The van der Waals surface area contributed by atoms with E-state index in [1.54, 1.807) is 0 Å². The Bertz CT molecular complexity index is 198. The maximum atomic E-state index is 12.1. The quantitative estimate of drug-likeness (QED) is 0.773. The molecule has 1 saturated heterocycles. The zero-order chi connectivity index (χ0) is 11.3. The van der Waals surface area contributed by atoms with Crippen molar-refractivity contribution in [2.24, 2.45) is 0 Å². The highest BCUT2D eigenvalue weighted by Crippen LogP contribution is 2.12. The molecule has 1 fully saturated rings. The molecule has 1 aliphatic rings. The Labute approximate surface area is 93.2 Å². The smallest absolute Gasteiger partial charge is 0.239 e. The fourth-order valence-corrected chi connectivity index (χ4v) is 1.98. The minimum Gasteiger partial charge on any atom is -0.342 e. The Hall–Kier alpha value is -0.570. The summed E-state index contributed by atoms with van der Waals surface area (Å²) in [7, 11) is 1.92. The number of hydrogen-bond donors (Lipinski definition) is 1. The van der Waals surface area contributed by atoms with Gasteiger partial charge in [-0.15, -0.1) is 0 Å². The van der Waals surface area contributed by atoms with Crippen LogP contribution in [0.2, 0.25) is 0 Å². The van der Waals surface area contributed by atoms with E-state index in [-0.39, 0.29) is 11.9 Å². The van der Waals surface area contributed by atoms with E-state index in [1.165, 1.54) is 19.3 Å². The van der Waals surface area contributed by atoms with Crippen LogP contribution in [0.25, 0.3) is 0 Å². The van der Waals surface area contributed by atoms with Gasteiger partial charge in [0.1, 0.15) is 0 Å². The van der Waals surface area contributed by atoms with Gasteiger partial charge in [-0.1, -0.05) is 19.8 Å². The molecule has 2 atom stereocenters. The summed E-state index contributed by atoms with van der Waals surface area (Å²) in [5, 5.41) is 3.35. The van der Waals surface area contributed by atoms with E-state index in [0.29, 0.717) is 6.04 Å². The first-order chi connectivity index (χ1) is 7.16. The number of nitrogens with one attached hydrogen (secondary N) is 1. The van der Waals surface area contributed by atoms with Crippen molar-refractivity contribution in [3.63, 3.8) is 0 Å². The first kappa shape index (κ1) is 12.5. The first-order valence-corrected chi connectivity index (χ1v) is 6.17. The number of amides is 1. The van der Waals surface area contributed by atoms with E-state index in [0.717, 1.165) is 19.4 Å². The van der Waals surface area contributed by atoms with Gasteiger partial charge in [0, 0.05) is 13.1 Å². The molecule has 0 bridgehead atoms. The van der Waals surface area contributed by atoms with Crippen molar-refractivity contribution in [1.82, 2.24) is 10.2 Å². The number of carbonyl (C=O) groups excluding carboxylic acids is 1. The number of carbonyl (C=O) groups is 1. The molecule has 88 valence electrons. The zero-order valence-electron chi connectivity index (χ0n) is 10.3. The molecule has 1 N–H and O–H groups in total. The van der Waals surface area contributed by atoms with Crippen molar-refractivity contribution in [2.75, 3.05) is 13.6 Å². The van der Waals surface area contributed by atoms with Gasteiger partial charge < -0.3 is 10.2 Å². The molecule has 0 aromatic rings. The van der Waals surface area contributed by atoms with Gasteiger partial charge in [0.05, 0.1) is 6.04 Å². The van der Waals surface area contributed by atoms with Gasteiger partial charge in [0.25, 0.3) is 0 Å². The summed E-state index contributed by atoms with van der Waals surface area (Å²) in [4.78, 5) is 14.0. The van der Waals surface area contributed by atoms with Crippen LogP contribution in [-0.4, -0.2) is 36.5 Å². The largest absolute Gasteiger partial charge is 0.342 e. The van der Waals surface area contributed by atoms with Crippen molar-refractivity contribution in [2.45, 2.75) is 58.0 Å². The third-order valence-corrected chi connectivity index (χ3v) is 3.46. The number of rotatable bonds is 3. The van der Waals surface area contributed by atoms with Gasteiger partial charge in [-0.25, -0.2) is 0 Å². The maximum absolute atomic E-state index is 12.1. The molecule has 2 unspecified atom stereocenters. The molecule has 0 saturated carbocycles. The Morgan fingerprint density at radius 1 is 1.47 bits per heavy atom. The highest BCUT2D eigenvalue weighted by molar-refractivity contribution is 5.81. The van der Waals surface area contributed by atoms with Crippen LogP contribution in [-0.2, 0) is 4.79 Å². The summed E-state index contributed by atoms with van der Waals surface area (Å²) in [6, 6.07) is 0.411. The van der Waals surface area contributed by atoms with Gasteiger partial charge in [-0.2, -0.15) is 0 Å². The summed E-state index contributed by atoms with van der Waals surface area (Å²) in [6.07, 6.45) is 5.66. The van der Waals surface area contributed by atoms with Crippen LogP contribution in [0.1, 0.15) is 46.0 Å². The second-order valence-corrected chi connectivity index (χ2v) is 4.56. The lowest BCUT2D eigenvalue weighted by Crippen LogP contribution is -2.47. The van der Waals surface area contributed by atoms with Crippen LogP contribution in [0, 0.1) is 0 Å². The SMILES string of the molecule is CCC(C)N(C)C(=O)C1CCCCCN1. The Morgan fingerprint density at radius 3 is 2.87 bits per heavy atom. The Kier molecular flexibility index (Phi) is 5.09. The predicted octanol–water partition coefficient (Wildman–Crippen LogP) is 1.78. The van der Waals surface area contributed by atoms with Crippen molar-refractivity contribution < 1.29 is 4.79 Å². The van der Waals surface area contributed by atoms with Gasteiger partial charge in [0.15, 0.2) is 0 Å². The number of nitrogens with zero attached hydrogens (tertiary/aromatic N) is 1. The first-order valence-electron chi connectivity index (χ1n) is 6.17. The minimum absolute atomic E-state index is 0.0616. The molecule has 3 heteroatoms. The summed E-state index contributed by atoms with van der Waals surface area (Å²) < 4.78 is 0. The molecule has 0 aliphatic carbocycles. The zero-order valence-corrected chi connectivity index (χ0v) is 10.3. The number of hydrogen-bond acceptors (Lipinski definition) is 2. The van der Waals surface area contributed by atoms with E-state index < -0.39 is 0 Å². The fraction of sp³-hybridized carbons (Fsp3) is 0.917. The number of likely N-dealkylation sites (N-methyl/N-ethyl adjacent to an activating group) is 1. The molecule has 1 aliphatic heterocycles. The average molecular weight is 212 g/mol. The Balaban J connectivity index is 2.49. The topological polar surface area (TPSA) is 32.3 Å². The summed E-state index contributed by atoms with van der Waals surface area (Å²) >= 11 is 0. The standard InChI is InChI=1S/C12H24N2O/c1-4-10(2)14(3)12(15)11-8-6-5-7-9-13-11/h10-11,13H,4-9H2,1-3H3. The molecule has 0 aromatic carbocycles. The molecular formula is C12H24N2O. The predicted molar refractivity (Wildman–Crippen MR) is 62.8 cm³/mol. The molecular weight excluding hydrogens is 188 g/mol. The molecule has 1 amide bonds. The van der Waals surface area contributed by atoms with Gasteiger partial charge in [0.2, 0.25) is 5.91 Å². The van der Waals surface area contributed by atoms with Crippen molar-refractivity contribution >= 4 is 5.91 Å². The Morgan fingerprint density at radius 2 is 2.20 bits per heavy atom. The van der Waals surface area contributed by atoms with E-state index in [2.05, 4.69) is 19.2 Å². The third kappa shape index (κ3) is 3.49. The average Bonchev–Trinajstić information content (AvgIpc) is 2.54. The summed E-state index contributed by atoms with van der Waals surface area (Å²) in [5.74, 6) is 0.270. The van der Waals surface area contributed by atoms with Crippen molar-refractivity contribution in [3.05, 3.63) is 0 Å². The highest BCUT2D eigenvalue weighted by atomic mass is 16.2. The molecule has 0 aromatic heterocycles. The molecule has 1 rings (SSSR count). The molecule has 1 heterocycles. The van der Waals surface area contributed by atoms with Crippen LogP contribution in [0.4, 0.5) is 0 Å². The lowest BCUT2D eigenvalue weighted by Gasteiger charge is -2.28. The van der Waals surface area contributed by atoms with Crippen LogP contribution in [0.5, 0.6) is 0 Å². The molecule has 15 heavy (non-hydrogen) atoms. The monoisotopic (exact) mass is 212 g/mol. The lowest BCUT2D eigenvalue weighted by atomic mass is 10.1. The second-order valence-electron chi connectivity index (χ2n) is 4.56. The minimum atomic E-state index is 0.0616. The van der Waals surface area contributed by atoms with Crippen molar-refractivity contribution in [1.29, 1.82) is 0 Å². The van der Waals surface area contributed by atoms with Gasteiger partial charge >= 0.3 is 0 Å². The second kappa shape index (κ2) is 6.11.